The van der Waals surface area contributed by atoms with E-state index in [0.717, 1.165) is 32.5 Å². The van der Waals surface area contributed by atoms with Crippen LogP contribution in [-0.2, 0) is 11.3 Å². The van der Waals surface area contributed by atoms with Crippen LogP contribution in [0.4, 0.5) is 0 Å². The molecule has 1 aromatic carbocycles. The maximum atomic E-state index is 13.0. The summed E-state index contributed by atoms with van der Waals surface area (Å²) in [7, 11) is 0. The first-order valence-corrected chi connectivity index (χ1v) is 8.31. The molecule has 2 fully saturated rings. The zero-order chi connectivity index (χ0) is 14.7. The summed E-state index contributed by atoms with van der Waals surface area (Å²) >= 11 is 0. The maximum absolute atomic E-state index is 13.0. The van der Waals surface area contributed by atoms with E-state index in [2.05, 4.69) is 41.4 Å². The zero-order valence-corrected chi connectivity index (χ0v) is 12.9. The molecule has 0 aromatic heterocycles. The largest absolute Gasteiger partial charge is 0.335 e. The van der Waals surface area contributed by atoms with Gasteiger partial charge in [0.2, 0.25) is 5.91 Å². The van der Waals surface area contributed by atoms with E-state index in [1.165, 1.54) is 18.4 Å². The summed E-state index contributed by atoms with van der Waals surface area (Å²) in [6, 6.07) is 10.8. The topological polar surface area (TPSA) is 32.3 Å². The number of carbonyl (C=O) groups is 1. The van der Waals surface area contributed by atoms with E-state index in [-0.39, 0.29) is 5.92 Å². The Hall–Kier alpha value is -1.35. The molecular weight excluding hydrogens is 260 g/mol. The summed E-state index contributed by atoms with van der Waals surface area (Å²) < 4.78 is 0. The molecule has 0 spiro atoms. The Labute approximate surface area is 127 Å². The maximum Gasteiger partial charge on any atom is 0.227 e. The zero-order valence-electron chi connectivity index (χ0n) is 12.9. The fourth-order valence-corrected chi connectivity index (χ4v) is 3.33. The van der Waals surface area contributed by atoms with Crippen molar-refractivity contribution in [3.8, 4) is 0 Å². The van der Waals surface area contributed by atoms with Gasteiger partial charge in [0.1, 0.15) is 0 Å². The van der Waals surface area contributed by atoms with Crippen molar-refractivity contribution in [2.24, 2.45) is 11.8 Å². The summed E-state index contributed by atoms with van der Waals surface area (Å²) in [4.78, 5) is 15.1. The first kappa shape index (κ1) is 14.6. The second-order valence-electron chi connectivity index (χ2n) is 6.57. The quantitative estimate of drug-likeness (QED) is 0.902. The molecule has 1 N–H and O–H groups in total. The minimum atomic E-state index is 0.170. The van der Waals surface area contributed by atoms with Gasteiger partial charge in [0.05, 0.1) is 5.92 Å². The van der Waals surface area contributed by atoms with Crippen molar-refractivity contribution in [3.63, 3.8) is 0 Å². The van der Waals surface area contributed by atoms with Gasteiger partial charge in [0, 0.05) is 19.1 Å². The lowest BCUT2D eigenvalue weighted by Gasteiger charge is -2.34. The van der Waals surface area contributed by atoms with Crippen LogP contribution in [0.3, 0.4) is 0 Å². The van der Waals surface area contributed by atoms with Crippen LogP contribution >= 0.6 is 0 Å². The predicted molar refractivity (Wildman–Crippen MR) is 84.8 cm³/mol. The molecule has 3 nitrogen and oxygen atoms in total. The smallest absolute Gasteiger partial charge is 0.227 e. The lowest BCUT2D eigenvalue weighted by atomic mass is 9.96. The molecule has 1 saturated heterocycles. The van der Waals surface area contributed by atoms with Crippen molar-refractivity contribution in [2.45, 2.75) is 45.2 Å². The number of benzene rings is 1. The highest BCUT2D eigenvalue weighted by atomic mass is 16.2. The Bertz CT molecular complexity index is 463. The van der Waals surface area contributed by atoms with Gasteiger partial charge in [-0.3, -0.25) is 4.79 Å². The van der Waals surface area contributed by atoms with E-state index in [1.54, 1.807) is 0 Å². The Morgan fingerprint density at radius 3 is 2.67 bits per heavy atom. The fourth-order valence-electron chi connectivity index (χ4n) is 3.33. The summed E-state index contributed by atoms with van der Waals surface area (Å²) in [5.74, 6) is 1.24. The molecule has 3 heteroatoms. The van der Waals surface area contributed by atoms with E-state index < -0.39 is 0 Å². The molecule has 2 atom stereocenters. The molecule has 2 unspecified atom stereocenters. The molecule has 114 valence electrons. The van der Waals surface area contributed by atoms with E-state index >= 15 is 0 Å². The molecule has 1 heterocycles. The van der Waals surface area contributed by atoms with Gasteiger partial charge in [-0.05, 0) is 50.6 Å². The highest BCUT2D eigenvalue weighted by Crippen LogP contribution is 2.36. The first-order chi connectivity index (χ1) is 10.3. The first-order valence-electron chi connectivity index (χ1n) is 8.31. The van der Waals surface area contributed by atoms with Crippen molar-refractivity contribution >= 4 is 5.91 Å². The summed E-state index contributed by atoms with van der Waals surface area (Å²) in [6.45, 7) is 4.89. The number of rotatable bonds is 5. The minimum Gasteiger partial charge on any atom is -0.335 e. The Balaban J connectivity index is 1.73. The van der Waals surface area contributed by atoms with E-state index in [9.17, 15) is 4.79 Å². The molecule has 1 aliphatic carbocycles. The van der Waals surface area contributed by atoms with Gasteiger partial charge in [0.15, 0.2) is 0 Å². The Morgan fingerprint density at radius 1 is 1.29 bits per heavy atom. The van der Waals surface area contributed by atoms with Crippen LogP contribution in [-0.4, -0.2) is 29.9 Å². The molecule has 0 bridgehead atoms. The van der Waals surface area contributed by atoms with Crippen LogP contribution in [0.1, 0.15) is 38.2 Å². The van der Waals surface area contributed by atoms with Crippen LogP contribution in [0.25, 0.3) is 0 Å². The van der Waals surface area contributed by atoms with Crippen molar-refractivity contribution in [2.75, 3.05) is 13.1 Å². The number of carbonyl (C=O) groups excluding carboxylic acids is 1. The molecule has 1 aliphatic heterocycles. The molecular formula is C18H26N2O. The molecule has 2 aliphatic rings. The Morgan fingerprint density at radius 2 is 2.05 bits per heavy atom. The van der Waals surface area contributed by atoms with Crippen molar-refractivity contribution in [3.05, 3.63) is 35.9 Å². The van der Waals surface area contributed by atoms with E-state index in [4.69, 9.17) is 0 Å². The third-order valence-electron chi connectivity index (χ3n) is 4.92. The van der Waals surface area contributed by atoms with Gasteiger partial charge in [-0.25, -0.2) is 0 Å². The third kappa shape index (κ3) is 3.65. The molecule has 1 amide bonds. The molecule has 3 rings (SSSR count). The number of piperidine rings is 1. The molecule has 1 aromatic rings. The summed E-state index contributed by atoms with van der Waals surface area (Å²) in [5.41, 5.74) is 1.24. The van der Waals surface area contributed by atoms with Gasteiger partial charge in [-0.15, -0.1) is 0 Å². The highest BCUT2D eigenvalue weighted by Gasteiger charge is 2.36. The lowest BCUT2D eigenvalue weighted by Crippen LogP contribution is -2.46. The normalized spacial score (nSPS) is 23.6. The average molecular weight is 286 g/mol. The number of hydrogen-bond acceptors (Lipinski definition) is 2. The summed E-state index contributed by atoms with van der Waals surface area (Å²) in [6.07, 6.45) is 4.72. The van der Waals surface area contributed by atoms with Crippen LogP contribution < -0.4 is 5.32 Å². The molecule has 21 heavy (non-hydrogen) atoms. The second-order valence-corrected chi connectivity index (χ2v) is 6.57. The monoisotopic (exact) mass is 286 g/mol. The van der Waals surface area contributed by atoms with Crippen LogP contribution in [0, 0.1) is 11.8 Å². The summed E-state index contributed by atoms with van der Waals surface area (Å²) in [5, 5.41) is 3.37. The van der Waals surface area contributed by atoms with Gasteiger partial charge < -0.3 is 10.2 Å². The van der Waals surface area contributed by atoms with Crippen molar-refractivity contribution < 1.29 is 4.79 Å². The minimum absolute atomic E-state index is 0.170. The number of amides is 1. The van der Waals surface area contributed by atoms with Gasteiger partial charge in [-0.2, -0.15) is 0 Å². The van der Waals surface area contributed by atoms with Gasteiger partial charge in [-0.1, -0.05) is 30.3 Å². The average Bonchev–Trinajstić information content (AvgIpc) is 3.38. The fraction of sp³-hybridized carbons (Fsp3) is 0.611. The van der Waals surface area contributed by atoms with Crippen molar-refractivity contribution in [1.29, 1.82) is 0 Å². The number of nitrogens with one attached hydrogen (secondary N) is 1. The standard InChI is InChI=1S/C18H26N2O/c1-14(16-9-10-16)20(13-15-6-3-2-4-7-15)18(21)17-8-5-11-19-12-17/h2-4,6-7,14,16-17,19H,5,8-13H2,1H3. The van der Waals surface area contributed by atoms with E-state index in [1.807, 2.05) is 6.07 Å². The SMILES string of the molecule is CC(C1CC1)N(Cc1ccccc1)C(=O)C1CCCNC1. The predicted octanol–water partition coefficient (Wildman–Crippen LogP) is 2.81. The third-order valence-corrected chi connectivity index (χ3v) is 4.92. The van der Waals surface area contributed by atoms with Crippen LogP contribution in [0.5, 0.6) is 0 Å². The van der Waals surface area contributed by atoms with Crippen LogP contribution in [0.15, 0.2) is 30.3 Å². The van der Waals surface area contributed by atoms with Gasteiger partial charge >= 0.3 is 0 Å². The lowest BCUT2D eigenvalue weighted by molar-refractivity contribution is -0.139. The molecule has 1 saturated carbocycles. The second kappa shape index (κ2) is 6.61. The van der Waals surface area contributed by atoms with Gasteiger partial charge in [0.25, 0.3) is 0 Å². The molecule has 0 radical (unpaired) electrons. The number of nitrogens with zero attached hydrogens (tertiary/aromatic N) is 1. The van der Waals surface area contributed by atoms with E-state index in [0.29, 0.717) is 17.9 Å². The highest BCUT2D eigenvalue weighted by molar-refractivity contribution is 5.79. The number of hydrogen-bond donors (Lipinski definition) is 1. The van der Waals surface area contributed by atoms with Crippen LogP contribution in [0.2, 0.25) is 0 Å². The Kier molecular flexibility index (Phi) is 4.59. The van der Waals surface area contributed by atoms with Crippen molar-refractivity contribution in [1.82, 2.24) is 10.2 Å².